The first-order valence-electron chi connectivity index (χ1n) is 9.50. The third-order valence-electron chi connectivity index (χ3n) is 4.38. The number of ether oxygens (including phenoxy) is 1. The normalized spacial score (nSPS) is 10.5. The number of amides is 1. The van der Waals surface area contributed by atoms with E-state index in [4.69, 9.17) is 4.74 Å². The minimum atomic E-state index is -0.592. The van der Waals surface area contributed by atoms with E-state index in [2.05, 4.69) is 10.3 Å². The highest BCUT2D eigenvalue weighted by Gasteiger charge is 2.14. The summed E-state index contributed by atoms with van der Waals surface area (Å²) in [6.45, 7) is 3.53. The molecule has 0 atom stereocenters. The summed E-state index contributed by atoms with van der Waals surface area (Å²) in [7, 11) is 0. The van der Waals surface area contributed by atoms with E-state index in [1.807, 2.05) is 56.3 Å². The van der Waals surface area contributed by atoms with E-state index in [0.29, 0.717) is 10.7 Å². The van der Waals surface area contributed by atoms with Gasteiger partial charge in [-0.3, -0.25) is 14.4 Å². The van der Waals surface area contributed by atoms with Gasteiger partial charge in [-0.1, -0.05) is 60.2 Å². The lowest BCUT2D eigenvalue weighted by Crippen LogP contribution is -2.17. The van der Waals surface area contributed by atoms with Crippen molar-refractivity contribution >= 4 is 34.1 Å². The molecule has 2 aromatic carbocycles. The molecule has 0 fully saturated rings. The molecule has 1 heterocycles. The maximum absolute atomic E-state index is 12.1. The SMILES string of the molecule is Cc1ccc(C(=O)COC(=O)CCC(=O)Nc2nc(-c3ccccc3)c(C)s2)cc1. The van der Waals surface area contributed by atoms with Crippen LogP contribution in [0, 0.1) is 13.8 Å². The molecule has 1 amide bonds. The molecule has 0 saturated carbocycles. The fourth-order valence-corrected chi connectivity index (χ4v) is 3.60. The van der Waals surface area contributed by atoms with E-state index in [1.54, 1.807) is 12.1 Å². The molecule has 1 N–H and O–H groups in total. The number of carbonyl (C=O) groups excluding carboxylic acids is 3. The van der Waals surface area contributed by atoms with Gasteiger partial charge in [-0.25, -0.2) is 4.98 Å². The molecule has 0 unspecified atom stereocenters. The monoisotopic (exact) mass is 422 g/mol. The number of nitrogens with zero attached hydrogens (tertiary/aromatic N) is 1. The second-order valence-corrected chi connectivity index (χ2v) is 7.99. The number of aromatic nitrogens is 1. The minimum Gasteiger partial charge on any atom is -0.457 e. The molecule has 7 heteroatoms. The maximum Gasteiger partial charge on any atom is 0.306 e. The van der Waals surface area contributed by atoms with Crippen molar-refractivity contribution in [3.63, 3.8) is 0 Å². The third kappa shape index (κ3) is 5.84. The average Bonchev–Trinajstić information content (AvgIpc) is 3.11. The van der Waals surface area contributed by atoms with E-state index in [-0.39, 0.29) is 31.1 Å². The lowest BCUT2D eigenvalue weighted by Gasteiger charge is -2.05. The van der Waals surface area contributed by atoms with Gasteiger partial charge in [0.2, 0.25) is 5.91 Å². The summed E-state index contributed by atoms with van der Waals surface area (Å²) in [5.74, 6) is -1.20. The Hall–Kier alpha value is -3.32. The van der Waals surface area contributed by atoms with Gasteiger partial charge in [-0.05, 0) is 13.8 Å². The van der Waals surface area contributed by atoms with E-state index in [1.165, 1.54) is 11.3 Å². The summed E-state index contributed by atoms with van der Waals surface area (Å²) >= 11 is 1.38. The van der Waals surface area contributed by atoms with Gasteiger partial charge < -0.3 is 10.1 Å². The summed E-state index contributed by atoms with van der Waals surface area (Å²) in [5, 5.41) is 3.20. The van der Waals surface area contributed by atoms with Crippen molar-refractivity contribution in [2.45, 2.75) is 26.7 Å². The molecule has 3 rings (SSSR count). The lowest BCUT2D eigenvalue weighted by molar-refractivity contribution is -0.143. The number of anilines is 1. The van der Waals surface area contributed by atoms with Gasteiger partial charge in [-0.15, -0.1) is 11.3 Å². The Morgan fingerprint density at radius 1 is 0.967 bits per heavy atom. The van der Waals surface area contributed by atoms with Crippen molar-refractivity contribution in [3.8, 4) is 11.3 Å². The first kappa shape index (κ1) is 21.4. The summed E-state index contributed by atoms with van der Waals surface area (Å²) in [5.41, 5.74) is 3.33. The predicted molar refractivity (Wildman–Crippen MR) is 117 cm³/mol. The molecule has 0 saturated heterocycles. The van der Waals surface area contributed by atoms with Crippen LogP contribution in [0.1, 0.15) is 33.6 Å². The number of esters is 1. The first-order chi connectivity index (χ1) is 14.4. The zero-order valence-corrected chi connectivity index (χ0v) is 17.6. The summed E-state index contributed by atoms with van der Waals surface area (Å²) in [6, 6.07) is 16.7. The number of nitrogens with one attached hydrogen (secondary N) is 1. The zero-order chi connectivity index (χ0) is 21.5. The molecule has 154 valence electrons. The lowest BCUT2D eigenvalue weighted by atomic mass is 10.1. The second-order valence-electron chi connectivity index (χ2n) is 6.79. The summed E-state index contributed by atoms with van der Waals surface area (Å²) < 4.78 is 4.99. The maximum atomic E-state index is 12.1. The topological polar surface area (TPSA) is 85.4 Å². The molecule has 0 aliphatic heterocycles. The van der Waals surface area contributed by atoms with E-state index >= 15 is 0 Å². The Bertz CT molecular complexity index is 1040. The van der Waals surface area contributed by atoms with Crippen LogP contribution in [-0.2, 0) is 14.3 Å². The molecule has 0 aliphatic rings. The smallest absolute Gasteiger partial charge is 0.306 e. The van der Waals surface area contributed by atoms with Crippen LogP contribution in [0.5, 0.6) is 0 Å². The Morgan fingerprint density at radius 3 is 2.37 bits per heavy atom. The molecule has 0 aliphatic carbocycles. The molecule has 0 spiro atoms. The number of rotatable bonds is 8. The van der Waals surface area contributed by atoms with E-state index in [0.717, 1.165) is 21.7 Å². The predicted octanol–water partition coefficient (Wildman–Crippen LogP) is 4.57. The summed E-state index contributed by atoms with van der Waals surface area (Å²) in [6.07, 6.45) is -0.153. The Balaban J connectivity index is 1.45. The van der Waals surface area contributed by atoms with Gasteiger partial charge in [-0.2, -0.15) is 0 Å². The highest BCUT2D eigenvalue weighted by Crippen LogP contribution is 2.30. The molecule has 6 nitrogen and oxygen atoms in total. The van der Waals surface area contributed by atoms with Gasteiger partial charge >= 0.3 is 5.97 Å². The number of thiazole rings is 1. The quantitative estimate of drug-likeness (QED) is 0.424. The first-order valence-corrected chi connectivity index (χ1v) is 10.3. The largest absolute Gasteiger partial charge is 0.457 e. The Morgan fingerprint density at radius 2 is 1.67 bits per heavy atom. The molecule has 0 bridgehead atoms. The fraction of sp³-hybridized carbons (Fsp3) is 0.217. The van der Waals surface area contributed by atoms with Crippen molar-refractivity contribution in [1.29, 1.82) is 0 Å². The standard InChI is InChI=1S/C23H22N2O4S/c1-15-8-10-17(11-9-15)19(26)14-29-21(28)13-12-20(27)24-23-25-22(16(2)30-23)18-6-4-3-5-7-18/h3-11H,12-14H2,1-2H3,(H,24,25,27). The average molecular weight is 423 g/mol. The van der Waals surface area contributed by atoms with Gasteiger partial charge in [0, 0.05) is 22.4 Å². The van der Waals surface area contributed by atoms with Crippen molar-refractivity contribution in [1.82, 2.24) is 4.98 Å². The number of benzene rings is 2. The highest BCUT2D eigenvalue weighted by atomic mass is 32.1. The Labute approximate surface area is 178 Å². The minimum absolute atomic E-state index is 0.0448. The van der Waals surface area contributed by atoms with Crippen molar-refractivity contribution in [3.05, 3.63) is 70.6 Å². The molecular formula is C23H22N2O4S. The molecule has 3 aromatic rings. The van der Waals surface area contributed by atoms with Gasteiger partial charge in [0.1, 0.15) is 0 Å². The number of hydrogen-bond donors (Lipinski definition) is 1. The molecule has 0 radical (unpaired) electrons. The second kappa shape index (κ2) is 9.93. The van der Waals surface area contributed by atoms with Crippen LogP contribution >= 0.6 is 11.3 Å². The van der Waals surface area contributed by atoms with Crippen LogP contribution in [0.2, 0.25) is 0 Å². The fourth-order valence-electron chi connectivity index (χ4n) is 2.75. The molecule has 30 heavy (non-hydrogen) atoms. The highest BCUT2D eigenvalue weighted by molar-refractivity contribution is 7.16. The third-order valence-corrected chi connectivity index (χ3v) is 5.27. The van der Waals surface area contributed by atoms with Gasteiger partial charge in [0.05, 0.1) is 12.1 Å². The van der Waals surface area contributed by atoms with Crippen molar-refractivity contribution in [2.75, 3.05) is 11.9 Å². The van der Waals surface area contributed by atoms with Crippen LogP contribution < -0.4 is 5.32 Å². The van der Waals surface area contributed by atoms with Gasteiger partial charge in [0.15, 0.2) is 17.5 Å². The van der Waals surface area contributed by atoms with E-state index < -0.39 is 5.97 Å². The zero-order valence-electron chi connectivity index (χ0n) is 16.8. The number of aryl methyl sites for hydroxylation is 2. The number of carbonyl (C=O) groups is 3. The number of Topliss-reactive ketones (excluding diaryl/α,β-unsaturated/α-hetero) is 1. The van der Waals surface area contributed by atoms with Crippen LogP contribution in [-0.4, -0.2) is 29.3 Å². The molecule has 1 aromatic heterocycles. The van der Waals surface area contributed by atoms with Crippen LogP contribution in [0.3, 0.4) is 0 Å². The van der Waals surface area contributed by atoms with Crippen LogP contribution in [0.15, 0.2) is 54.6 Å². The number of ketones is 1. The van der Waals surface area contributed by atoms with Crippen LogP contribution in [0.4, 0.5) is 5.13 Å². The van der Waals surface area contributed by atoms with Crippen molar-refractivity contribution in [2.24, 2.45) is 0 Å². The molecular weight excluding hydrogens is 400 g/mol. The van der Waals surface area contributed by atoms with Crippen LogP contribution in [0.25, 0.3) is 11.3 Å². The summed E-state index contributed by atoms with van der Waals surface area (Å²) in [4.78, 5) is 41.5. The van der Waals surface area contributed by atoms with E-state index in [9.17, 15) is 14.4 Å². The van der Waals surface area contributed by atoms with Crippen molar-refractivity contribution < 1.29 is 19.1 Å². The number of hydrogen-bond acceptors (Lipinski definition) is 6. The Kier molecular flexibility index (Phi) is 7.08. The van der Waals surface area contributed by atoms with Gasteiger partial charge in [0.25, 0.3) is 0 Å².